The van der Waals surface area contributed by atoms with E-state index in [1.165, 1.54) is 0 Å². The summed E-state index contributed by atoms with van der Waals surface area (Å²) in [4.78, 5) is 16.1. The third kappa shape index (κ3) is 3.76. The highest BCUT2D eigenvalue weighted by Gasteiger charge is 2.28. The lowest BCUT2D eigenvalue weighted by atomic mass is 9.95. The molecule has 1 aliphatic heterocycles. The molecule has 6 rings (SSSR count). The van der Waals surface area contributed by atoms with Crippen LogP contribution < -0.4 is 10.2 Å². The second-order valence-corrected chi connectivity index (χ2v) is 9.39. The molecule has 0 bridgehead atoms. The van der Waals surface area contributed by atoms with E-state index in [1.54, 1.807) is 6.20 Å². The number of β-amino-alcohol motifs (C(OH)–C–C–N with tert-alkyl or cyclic N) is 1. The molecular formula is C26H27N7O. The van der Waals surface area contributed by atoms with Gasteiger partial charge < -0.3 is 24.3 Å². The maximum absolute atomic E-state index is 10.4. The lowest BCUT2D eigenvalue weighted by molar-refractivity contribution is 0.0449. The quantitative estimate of drug-likeness (QED) is 0.420. The van der Waals surface area contributed by atoms with E-state index in [4.69, 9.17) is 4.98 Å². The third-order valence-electron chi connectivity index (χ3n) is 6.57. The molecule has 0 saturated carbocycles. The highest BCUT2D eigenvalue weighted by molar-refractivity contribution is 5.82. The van der Waals surface area contributed by atoms with Crippen LogP contribution in [0.25, 0.3) is 27.9 Å². The van der Waals surface area contributed by atoms with Crippen LogP contribution >= 0.6 is 0 Å². The number of fused-ring (bicyclic) bond motifs is 2. The molecule has 1 aliphatic rings. The number of nitrogens with zero attached hydrogens (tertiary/aromatic N) is 6. The zero-order chi connectivity index (χ0) is 23.3. The first kappa shape index (κ1) is 20.7. The van der Waals surface area contributed by atoms with Gasteiger partial charge in [-0.2, -0.15) is 0 Å². The Morgan fingerprint density at radius 3 is 2.76 bits per heavy atom. The molecule has 1 atom stereocenters. The molecule has 34 heavy (non-hydrogen) atoms. The molecule has 4 heterocycles. The molecule has 2 N–H and O–H groups in total. The molecular weight excluding hydrogens is 426 g/mol. The van der Waals surface area contributed by atoms with Crippen LogP contribution in [0.4, 0.5) is 17.2 Å². The first-order valence-corrected chi connectivity index (χ1v) is 11.5. The normalized spacial score (nSPS) is 18.6. The second-order valence-electron chi connectivity index (χ2n) is 9.39. The number of aromatic nitrogens is 5. The number of benzene rings is 2. The second kappa shape index (κ2) is 7.85. The van der Waals surface area contributed by atoms with E-state index in [0.717, 1.165) is 58.7 Å². The number of rotatable bonds is 4. The van der Waals surface area contributed by atoms with Crippen molar-refractivity contribution in [1.82, 2.24) is 23.9 Å². The smallest absolute Gasteiger partial charge is 0.180 e. The Kier molecular flexibility index (Phi) is 4.77. The summed E-state index contributed by atoms with van der Waals surface area (Å²) in [6.45, 7) is 3.52. The molecule has 5 aromatic rings. The minimum Gasteiger partial charge on any atom is -0.388 e. The molecule has 2 aromatic carbocycles. The molecule has 0 aliphatic carbocycles. The first-order chi connectivity index (χ1) is 16.4. The third-order valence-corrected chi connectivity index (χ3v) is 6.57. The van der Waals surface area contributed by atoms with E-state index in [9.17, 15) is 5.11 Å². The molecule has 172 valence electrons. The number of hydrogen-bond donors (Lipinski definition) is 2. The average Bonchev–Trinajstić information content (AvgIpc) is 3.45. The Balaban J connectivity index is 1.31. The fourth-order valence-electron chi connectivity index (χ4n) is 4.78. The SMILES string of the molecule is Cn1cnc2cc(-c3cn4ccnc4c(Nc4ccc(N5CCC[C@@](C)(O)C5)cc4)n3)ccc21. The van der Waals surface area contributed by atoms with E-state index < -0.39 is 5.60 Å². The van der Waals surface area contributed by atoms with Gasteiger partial charge in [0, 0.05) is 55.7 Å². The molecule has 0 spiro atoms. The molecule has 8 heteroatoms. The lowest BCUT2D eigenvalue weighted by Crippen LogP contribution is -2.46. The Labute approximate surface area is 197 Å². The lowest BCUT2D eigenvalue weighted by Gasteiger charge is -2.38. The predicted octanol–water partition coefficient (Wildman–Crippen LogP) is 4.38. The molecule has 0 unspecified atom stereocenters. The maximum atomic E-state index is 10.4. The van der Waals surface area contributed by atoms with Crippen LogP contribution in [0.15, 0.2) is 67.4 Å². The predicted molar refractivity (Wildman–Crippen MR) is 134 cm³/mol. The van der Waals surface area contributed by atoms with Crippen LogP contribution in [0.1, 0.15) is 19.8 Å². The van der Waals surface area contributed by atoms with E-state index in [2.05, 4.69) is 50.5 Å². The standard InChI is InChI=1S/C26H27N7O/c1-26(34)10-3-12-33(16-26)20-7-5-19(6-8-20)29-24-25-27-11-13-32(25)15-22(30-24)18-4-9-23-21(14-18)28-17-31(23)2/h4-9,11,13-15,17,34H,3,10,12,16H2,1-2H3,(H,29,30)/t26-/m1/s1. The Bertz CT molecular complexity index is 1480. The Morgan fingerprint density at radius 2 is 1.94 bits per heavy atom. The van der Waals surface area contributed by atoms with Gasteiger partial charge in [-0.1, -0.05) is 6.07 Å². The van der Waals surface area contributed by atoms with Gasteiger partial charge >= 0.3 is 0 Å². The van der Waals surface area contributed by atoms with Crippen molar-refractivity contribution >= 4 is 33.9 Å². The number of aryl methyl sites for hydroxylation is 1. The molecule has 0 amide bonds. The van der Waals surface area contributed by atoms with Crippen molar-refractivity contribution in [2.45, 2.75) is 25.4 Å². The zero-order valence-corrected chi connectivity index (χ0v) is 19.3. The van der Waals surface area contributed by atoms with Crippen LogP contribution in [0.5, 0.6) is 0 Å². The van der Waals surface area contributed by atoms with E-state index in [0.29, 0.717) is 12.4 Å². The van der Waals surface area contributed by atoms with Crippen LogP contribution in [-0.4, -0.2) is 47.7 Å². The van der Waals surface area contributed by atoms with Crippen LogP contribution in [0.3, 0.4) is 0 Å². The minimum absolute atomic E-state index is 0.635. The number of nitrogens with one attached hydrogen (secondary N) is 1. The Hall–Kier alpha value is -3.91. The van der Waals surface area contributed by atoms with Gasteiger partial charge in [-0.05, 0) is 56.2 Å². The van der Waals surface area contributed by atoms with Gasteiger partial charge in [0.15, 0.2) is 11.5 Å². The Morgan fingerprint density at radius 1 is 1.09 bits per heavy atom. The largest absolute Gasteiger partial charge is 0.388 e. The zero-order valence-electron chi connectivity index (χ0n) is 19.3. The van der Waals surface area contributed by atoms with Crippen LogP contribution in [0, 0.1) is 0 Å². The number of aliphatic hydroxyl groups is 1. The van der Waals surface area contributed by atoms with Crippen molar-refractivity contribution in [2.24, 2.45) is 7.05 Å². The average molecular weight is 454 g/mol. The van der Waals surface area contributed by atoms with Crippen molar-refractivity contribution in [3.63, 3.8) is 0 Å². The van der Waals surface area contributed by atoms with E-state index >= 15 is 0 Å². The molecule has 1 fully saturated rings. The van der Waals surface area contributed by atoms with Crippen molar-refractivity contribution in [2.75, 3.05) is 23.3 Å². The molecule has 0 radical (unpaired) electrons. The number of hydrogen-bond acceptors (Lipinski definition) is 6. The van der Waals surface area contributed by atoms with Gasteiger partial charge in [0.25, 0.3) is 0 Å². The summed E-state index contributed by atoms with van der Waals surface area (Å²) in [6, 6.07) is 14.5. The molecule has 1 saturated heterocycles. The van der Waals surface area contributed by atoms with Crippen molar-refractivity contribution in [3.8, 4) is 11.3 Å². The first-order valence-electron chi connectivity index (χ1n) is 11.5. The summed E-state index contributed by atoms with van der Waals surface area (Å²) in [7, 11) is 1.99. The van der Waals surface area contributed by atoms with Gasteiger partial charge in [-0.25, -0.2) is 15.0 Å². The minimum atomic E-state index is -0.635. The molecule has 3 aromatic heterocycles. The van der Waals surface area contributed by atoms with Gasteiger partial charge in [0.2, 0.25) is 0 Å². The molecule has 8 nitrogen and oxygen atoms in total. The summed E-state index contributed by atoms with van der Waals surface area (Å²) in [5.41, 5.74) is 6.04. The highest BCUT2D eigenvalue weighted by atomic mass is 16.3. The summed E-state index contributed by atoms with van der Waals surface area (Å²) in [6.07, 6.45) is 9.35. The van der Waals surface area contributed by atoms with Gasteiger partial charge in [0.05, 0.1) is 28.7 Å². The van der Waals surface area contributed by atoms with Crippen LogP contribution in [-0.2, 0) is 7.05 Å². The summed E-state index contributed by atoms with van der Waals surface area (Å²) >= 11 is 0. The summed E-state index contributed by atoms with van der Waals surface area (Å²) in [5.74, 6) is 0.692. The number of anilines is 3. The summed E-state index contributed by atoms with van der Waals surface area (Å²) < 4.78 is 3.99. The van der Waals surface area contributed by atoms with Crippen molar-refractivity contribution in [3.05, 3.63) is 67.4 Å². The van der Waals surface area contributed by atoms with Crippen molar-refractivity contribution in [1.29, 1.82) is 0 Å². The topological polar surface area (TPSA) is 83.5 Å². The number of imidazole rings is 2. The van der Waals surface area contributed by atoms with Crippen molar-refractivity contribution < 1.29 is 5.11 Å². The number of piperidine rings is 1. The fraction of sp³-hybridized carbons (Fsp3) is 0.269. The summed E-state index contributed by atoms with van der Waals surface area (Å²) in [5, 5.41) is 13.9. The van der Waals surface area contributed by atoms with Gasteiger partial charge in [0.1, 0.15) is 0 Å². The van der Waals surface area contributed by atoms with E-state index in [-0.39, 0.29) is 0 Å². The van der Waals surface area contributed by atoms with Gasteiger partial charge in [-0.3, -0.25) is 0 Å². The maximum Gasteiger partial charge on any atom is 0.180 e. The van der Waals surface area contributed by atoms with Crippen LogP contribution in [0.2, 0.25) is 0 Å². The van der Waals surface area contributed by atoms with E-state index in [1.807, 2.05) is 53.8 Å². The monoisotopic (exact) mass is 453 g/mol. The highest BCUT2D eigenvalue weighted by Crippen LogP contribution is 2.29. The fourth-order valence-corrected chi connectivity index (χ4v) is 4.78. The van der Waals surface area contributed by atoms with Gasteiger partial charge in [-0.15, -0.1) is 0 Å².